The number of ether oxygens (including phenoxy) is 2. The van der Waals surface area contributed by atoms with Gasteiger partial charge in [-0.2, -0.15) is 0 Å². The van der Waals surface area contributed by atoms with Crippen LogP contribution in [-0.4, -0.2) is 11.2 Å². The van der Waals surface area contributed by atoms with Crippen molar-refractivity contribution in [3.8, 4) is 11.5 Å². The molecule has 7 aromatic rings. The molecule has 0 aliphatic rings. The van der Waals surface area contributed by atoms with Crippen molar-refractivity contribution in [1.29, 1.82) is 0 Å². The number of aryl methyl sites for hydroxylation is 2. The van der Waals surface area contributed by atoms with Crippen LogP contribution in [-0.2, 0) is 0 Å². The Bertz CT molecular complexity index is 2130. The summed E-state index contributed by atoms with van der Waals surface area (Å²) in [4.78, 5) is 2.37. The molecule has 7 rings (SSSR count). The molecule has 0 unspecified atom stereocenters. The van der Waals surface area contributed by atoms with Crippen molar-refractivity contribution in [2.24, 2.45) is 0 Å². The van der Waals surface area contributed by atoms with E-state index >= 15 is 0 Å². The van der Waals surface area contributed by atoms with Crippen LogP contribution >= 0.6 is 0 Å². The Morgan fingerprint density at radius 1 is 0.444 bits per heavy atom. The van der Waals surface area contributed by atoms with Crippen molar-refractivity contribution in [3.63, 3.8) is 0 Å². The van der Waals surface area contributed by atoms with Crippen LogP contribution in [0.5, 0.6) is 11.5 Å². The Hall–Kier alpha value is -4.76. The molecular formula is C42H41NO2. The van der Waals surface area contributed by atoms with Crippen molar-refractivity contribution < 1.29 is 9.47 Å². The van der Waals surface area contributed by atoms with E-state index < -0.39 is 0 Å². The van der Waals surface area contributed by atoms with Gasteiger partial charge < -0.3 is 14.4 Å². The molecule has 226 valence electrons. The second-order valence-electron chi connectivity index (χ2n) is 14.3. The van der Waals surface area contributed by atoms with Crippen LogP contribution in [0.4, 0.5) is 17.1 Å². The zero-order chi connectivity index (χ0) is 31.7. The lowest BCUT2D eigenvalue weighted by Crippen LogP contribution is -2.23. The van der Waals surface area contributed by atoms with Crippen molar-refractivity contribution >= 4 is 60.2 Å². The number of rotatable bonds is 5. The highest BCUT2D eigenvalue weighted by atomic mass is 16.5. The Kier molecular flexibility index (Phi) is 6.70. The highest BCUT2D eigenvalue weighted by Gasteiger charge is 2.25. The van der Waals surface area contributed by atoms with Gasteiger partial charge in [-0.05, 0) is 120 Å². The number of nitrogens with zero attached hydrogens (tertiary/aromatic N) is 1. The second kappa shape index (κ2) is 10.4. The second-order valence-corrected chi connectivity index (χ2v) is 14.3. The molecule has 0 aliphatic heterocycles. The summed E-state index contributed by atoms with van der Waals surface area (Å²) in [6, 6.07) is 37.5. The fourth-order valence-corrected chi connectivity index (χ4v) is 6.56. The molecule has 0 spiro atoms. The molecule has 0 aromatic heterocycles. The quantitative estimate of drug-likeness (QED) is 0.147. The molecule has 0 radical (unpaired) electrons. The van der Waals surface area contributed by atoms with Crippen LogP contribution < -0.4 is 14.4 Å². The van der Waals surface area contributed by atoms with Crippen LogP contribution in [0, 0.1) is 13.8 Å². The Morgan fingerprint density at radius 3 is 1.49 bits per heavy atom. The number of benzene rings is 7. The third-order valence-corrected chi connectivity index (χ3v) is 8.32. The maximum Gasteiger partial charge on any atom is 0.128 e. The summed E-state index contributed by atoms with van der Waals surface area (Å²) in [6.07, 6.45) is 0. The van der Waals surface area contributed by atoms with Crippen molar-refractivity contribution in [2.45, 2.75) is 66.6 Å². The van der Waals surface area contributed by atoms with Gasteiger partial charge in [0.1, 0.15) is 22.7 Å². The Labute approximate surface area is 266 Å². The van der Waals surface area contributed by atoms with Crippen LogP contribution in [0.2, 0.25) is 0 Å². The minimum absolute atomic E-state index is 0.344. The first-order chi connectivity index (χ1) is 21.4. The van der Waals surface area contributed by atoms with Gasteiger partial charge in [-0.1, -0.05) is 65.7 Å². The third kappa shape index (κ3) is 5.21. The van der Waals surface area contributed by atoms with Crippen LogP contribution in [0.3, 0.4) is 0 Å². The fraction of sp³-hybridized carbons (Fsp3) is 0.238. The van der Waals surface area contributed by atoms with E-state index in [0.717, 1.165) is 44.7 Å². The molecule has 0 saturated heterocycles. The minimum Gasteiger partial charge on any atom is -0.487 e. The standard InChI is InChI=1S/C42H41NO2/c1-26-12-17-29(18-13-26)43(30-19-14-27(2)15-20-30)34-23-21-33-38-31(34)22-25-36(45-42(6,7)8)40(38)32-11-9-10-28-16-24-35(39(33)37(28)32)44-41(3,4)5/h9-25H,1-8H3. The molecular weight excluding hydrogens is 550 g/mol. The molecule has 45 heavy (non-hydrogen) atoms. The predicted molar refractivity (Wildman–Crippen MR) is 193 cm³/mol. The molecule has 3 heteroatoms. The highest BCUT2D eigenvalue weighted by Crippen LogP contribution is 2.51. The molecule has 7 aromatic carbocycles. The van der Waals surface area contributed by atoms with Gasteiger partial charge in [-0.3, -0.25) is 0 Å². The summed E-state index contributed by atoms with van der Waals surface area (Å²) in [5.41, 5.74) is 5.12. The summed E-state index contributed by atoms with van der Waals surface area (Å²) in [7, 11) is 0. The van der Waals surface area contributed by atoms with Crippen molar-refractivity contribution in [2.75, 3.05) is 4.90 Å². The number of anilines is 3. The smallest absolute Gasteiger partial charge is 0.128 e. The van der Waals surface area contributed by atoms with E-state index in [9.17, 15) is 0 Å². The van der Waals surface area contributed by atoms with Gasteiger partial charge in [0, 0.05) is 38.3 Å². The maximum absolute atomic E-state index is 6.73. The maximum atomic E-state index is 6.73. The normalized spacial score (nSPS) is 12.4. The highest BCUT2D eigenvalue weighted by molar-refractivity contribution is 6.36. The largest absolute Gasteiger partial charge is 0.487 e. The summed E-state index contributed by atoms with van der Waals surface area (Å²) < 4.78 is 13.4. The van der Waals surface area contributed by atoms with Gasteiger partial charge >= 0.3 is 0 Å². The average Bonchev–Trinajstić information content (AvgIpc) is 2.98. The summed E-state index contributed by atoms with van der Waals surface area (Å²) in [5, 5.41) is 9.37. The zero-order valence-corrected chi connectivity index (χ0v) is 27.6. The molecule has 0 aliphatic carbocycles. The lowest BCUT2D eigenvalue weighted by molar-refractivity contribution is 0.132. The fourth-order valence-electron chi connectivity index (χ4n) is 6.56. The van der Waals surface area contributed by atoms with Gasteiger partial charge in [0.2, 0.25) is 0 Å². The monoisotopic (exact) mass is 591 g/mol. The molecule has 0 heterocycles. The van der Waals surface area contributed by atoms with Crippen molar-refractivity contribution in [3.05, 3.63) is 114 Å². The van der Waals surface area contributed by atoms with E-state index in [4.69, 9.17) is 9.47 Å². The van der Waals surface area contributed by atoms with E-state index in [2.05, 4.69) is 163 Å². The SMILES string of the molecule is Cc1ccc(N(c2ccc(C)cc2)c2ccc3c4c(OC(C)(C)C)ccc5cccc(c6c(OC(C)(C)C)ccc2c36)c54)cc1. The number of hydrogen-bond donors (Lipinski definition) is 0. The van der Waals surface area contributed by atoms with Crippen LogP contribution in [0.1, 0.15) is 52.7 Å². The van der Waals surface area contributed by atoms with Gasteiger partial charge in [-0.15, -0.1) is 0 Å². The molecule has 3 nitrogen and oxygen atoms in total. The molecule has 0 amide bonds. The van der Waals surface area contributed by atoms with E-state index in [-0.39, 0.29) is 11.2 Å². The molecule has 0 atom stereocenters. The van der Waals surface area contributed by atoms with E-state index in [1.54, 1.807) is 0 Å². The molecule has 0 N–H and O–H groups in total. The van der Waals surface area contributed by atoms with E-state index in [0.29, 0.717) is 0 Å². The van der Waals surface area contributed by atoms with Gasteiger partial charge in [0.15, 0.2) is 0 Å². The topological polar surface area (TPSA) is 21.7 Å². The summed E-state index contributed by atoms with van der Waals surface area (Å²) in [6.45, 7) is 17.0. The zero-order valence-electron chi connectivity index (χ0n) is 27.6. The third-order valence-electron chi connectivity index (χ3n) is 8.32. The van der Waals surface area contributed by atoms with Crippen LogP contribution in [0.25, 0.3) is 43.1 Å². The summed E-state index contributed by atoms with van der Waals surface area (Å²) in [5.74, 6) is 1.80. The van der Waals surface area contributed by atoms with E-state index in [1.165, 1.54) is 38.1 Å². The first kappa shape index (κ1) is 29.0. The number of hydrogen-bond acceptors (Lipinski definition) is 3. The lowest BCUT2D eigenvalue weighted by atomic mass is 9.88. The molecule has 0 saturated carbocycles. The van der Waals surface area contributed by atoms with Gasteiger partial charge in [0.05, 0.1) is 5.69 Å². The summed E-state index contributed by atoms with van der Waals surface area (Å²) >= 11 is 0. The molecule has 0 bridgehead atoms. The molecule has 0 fully saturated rings. The average molecular weight is 592 g/mol. The van der Waals surface area contributed by atoms with E-state index in [1.807, 2.05) is 0 Å². The first-order valence-electron chi connectivity index (χ1n) is 15.9. The van der Waals surface area contributed by atoms with Gasteiger partial charge in [0.25, 0.3) is 0 Å². The lowest BCUT2D eigenvalue weighted by Gasteiger charge is -2.30. The Morgan fingerprint density at radius 2 is 0.933 bits per heavy atom. The predicted octanol–water partition coefficient (Wildman–Crippen LogP) is 12.2. The first-order valence-corrected chi connectivity index (χ1v) is 15.9. The Balaban J connectivity index is 1.65. The number of fused-ring (bicyclic) bond motifs is 2. The van der Waals surface area contributed by atoms with Crippen molar-refractivity contribution in [1.82, 2.24) is 0 Å². The van der Waals surface area contributed by atoms with Gasteiger partial charge in [-0.25, -0.2) is 0 Å². The minimum atomic E-state index is -0.358. The van der Waals surface area contributed by atoms with Crippen LogP contribution in [0.15, 0.2) is 103 Å².